The monoisotopic (exact) mass is 317 g/mol. The Morgan fingerprint density at radius 3 is 2.61 bits per heavy atom. The van der Waals surface area contributed by atoms with Crippen LogP contribution in [0.25, 0.3) is 0 Å². The van der Waals surface area contributed by atoms with Crippen molar-refractivity contribution >= 4 is 17.7 Å². The van der Waals surface area contributed by atoms with Crippen LogP contribution in [0.2, 0.25) is 0 Å². The molecule has 0 aliphatic heterocycles. The number of aromatic nitrogens is 2. The number of hydrogen-bond acceptors (Lipinski definition) is 4. The highest BCUT2D eigenvalue weighted by atomic mass is 16.5. The third kappa shape index (κ3) is 3.33. The highest BCUT2D eigenvalue weighted by molar-refractivity contribution is 6.04. The van der Waals surface area contributed by atoms with Crippen molar-refractivity contribution in [2.75, 3.05) is 12.4 Å². The zero-order valence-electron chi connectivity index (χ0n) is 13.5. The Bertz CT molecular complexity index is 750. The number of anilines is 1. The number of amides is 1. The molecule has 7 nitrogen and oxygen atoms in total. The molecule has 122 valence electrons. The van der Waals surface area contributed by atoms with Crippen LogP contribution in [0.5, 0.6) is 5.75 Å². The normalized spacial score (nSPS) is 11.1. The lowest BCUT2D eigenvalue weighted by atomic mass is 10.1. The number of nitrogens with zero attached hydrogens (tertiary/aromatic N) is 2. The number of carbonyl (C=O) groups excluding carboxylic acids is 1. The molecule has 2 N–H and O–H groups in total. The van der Waals surface area contributed by atoms with Gasteiger partial charge in [-0.1, -0.05) is 6.07 Å². The summed E-state index contributed by atoms with van der Waals surface area (Å²) in [5.41, 5.74) is 0.159. The maximum absolute atomic E-state index is 12.3. The van der Waals surface area contributed by atoms with Gasteiger partial charge in [0.2, 0.25) is 0 Å². The number of carbonyl (C=O) groups is 2. The summed E-state index contributed by atoms with van der Waals surface area (Å²) in [5.74, 6) is -0.456. The number of carboxylic acids is 1. The van der Waals surface area contributed by atoms with E-state index >= 15 is 0 Å². The molecule has 2 rings (SSSR count). The van der Waals surface area contributed by atoms with Crippen LogP contribution in [0.4, 0.5) is 5.82 Å². The van der Waals surface area contributed by atoms with Crippen LogP contribution in [0.15, 0.2) is 30.5 Å². The van der Waals surface area contributed by atoms with E-state index in [1.807, 2.05) is 6.92 Å². The highest BCUT2D eigenvalue weighted by Gasteiger charge is 2.30. The van der Waals surface area contributed by atoms with Gasteiger partial charge in [-0.25, -0.2) is 4.79 Å². The highest BCUT2D eigenvalue weighted by Crippen LogP contribution is 2.20. The SMILES string of the molecule is COc1cc(C(=O)Nc2ccn(C(C)(C)C(=O)O)n2)ccc1C. The molecule has 2 aromatic rings. The summed E-state index contributed by atoms with van der Waals surface area (Å²) >= 11 is 0. The van der Waals surface area contributed by atoms with Crippen molar-refractivity contribution in [3.8, 4) is 5.75 Å². The predicted molar refractivity (Wildman–Crippen MR) is 84.9 cm³/mol. The van der Waals surface area contributed by atoms with Crippen molar-refractivity contribution in [3.63, 3.8) is 0 Å². The Hall–Kier alpha value is -2.83. The number of benzene rings is 1. The first-order valence-corrected chi connectivity index (χ1v) is 7.01. The van der Waals surface area contributed by atoms with Crippen LogP contribution in [0.1, 0.15) is 29.8 Å². The van der Waals surface area contributed by atoms with E-state index in [1.54, 1.807) is 31.4 Å². The van der Waals surface area contributed by atoms with Gasteiger partial charge < -0.3 is 15.2 Å². The molecule has 0 radical (unpaired) electrons. The van der Waals surface area contributed by atoms with Crippen LogP contribution < -0.4 is 10.1 Å². The summed E-state index contributed by atoms with van der Waals surface area (Å²) in [6.45, 7) is 4.94. The van der Waals surface area contributed by atoms with Gasteiger partial charge in [-0.2, -0.15) is 5.10 Å². The van der Waals surface area contributed by atoms with E-state index in [9.17, 15) is 14.7 Å². The van der Waals surface area contributed by atoms with Crippen molar-refractivity contribution in [1.82, 2.24) is 9.78 Å². The quantitative estimate of drug-likeness (QED) is 0.882. The third-order valence-electron chi connectivity index (χ3n) is 3.60. The Morgan fingerprint density at radius 2 is 2.00 bits per heavy atom. The molecule has 7 heteroatoms. The number of aryl methyl sites for hydroxylation is 1. The lowest BCUT2D eigenvalue weighted by Gasteiger charge is -2.19. The first-order chi connectivity index (χ1) is 10.8. The number of rotatable bonds is 5. The topological polar surface area (TPSA) is 93.5 Å². The van der Waals surface area contributed by atoms with Crippen LogP contribution in [-0.4, -0.2) is 33.9 Å². The van der Waals surface area contributed by atoms with Gasteiger partial charge in [-0.05, 0) is 38.5 Å². The summed E-state index contributed by atoms with van der Waals surface area (Å²) in [6.07, 6.45) is 1.51. The second-order valence-corrected chi connectivity index (χ2v) is 5.65. The minimum absolute atomic E-state index is 0.281. The van der Waals surface area contributed by atoms with Gasteiger partial charge in [0.05, 0.1) is 7.11 Å². The van der Waals surface area contributed by atoms with E-state index in [4.69, 9.17) is 4.74 Å². The first-order valence-electron chi connectivity index (χ1n) is 7.01. The predicted octanol–water partition coefficient (Wildman–Crippen LogP) is 2.27. The number of aliphatic carboxylic acids is 1. The maximum Gasteiger partial charge on any atom is 0.331 e. The second-order valence-electron chi connectivity index (χ2n) is 5.65. The van der Waals surface area contributed by atoms with Crippen molar-refractivity contribution in [2.45, 2.75) is 26.3 Å². The van der Waals surface area contributed by atoms with Gasteiger partial charge >= 0.3 is 5.97 Å². The van der Waals surface area contributed by atoms with Crippen LogP contribution in [-0.2, 0) is 10.3 Å². The molecule has 0 saturated carbocycles. The van der Waals surface area contributed by atoms with E-state index in [-0.39, 0.29) is 11.7 Å². The zero-order chi connectivity index (χ0) is 17.2. The van der Waals surface area contributed by atoms with E-state index in [0.29, 0.717) is 11.3 Å². The van der Waals surface area contributed by atoms with Gasteiger partial charge in [-0.15, -0.1) is 0 Å². The molecule has 0 spiro atoms. The van der Waals surface area contributed by atoms with Gasteiger partial charge in [0, 0.05) is 17.8 Å². The molecule has 0 atom stereocenters. The lowest BCUT2D eigenvalue weighted by molar-refractivity contribution is -0.146. The van der Waals surface area contributed by atoms with E-state index in [0.717, 1.165) is 5.56 Å². The number of carboxylic acid groups (broad SMARTS) is 1. The van der Waals surface area contributed by atoms with Crippen molar-refractivity contribution in [2.24, 2.45) is 0 Å². The first kappa shape index (κ1) is 16.5. The maximum atomic E-state index is 12.3. The average molecular weight is 317 g/mol. The van der Waals surface area contributed by atoms with Gasteiger partial charge in [0.25, 0.3) is 5.91 Å². The Balaban J connectivity index is 2.18. The van der Waals surface area contributed by atoms with Gasteiger partial charge in [0.1, 0.15) is 5.75 Å². The standard InChI is InChI=1S/C16H19N3O4/c1-10-5-6-11(9-12(10)23-4)14(20)17-13-7-8-19(18-13)16(2,3)15(21)22/h5-9H,1-4H3,(H,21,22)(H,17,18,20). The van der Waals surface area contributed by atoms with Gasteiger partial charge in [0.15, 0.2) is 11.4 Å². The van der Waals surface area contributed by atoms with Crippen molar-refractivity contribution in [1.29, 1.82) is 0 Å². The number of ether oxygens (including phenoxy) is 1. The molecule has 1 aromatic heterocycles. The smallest absolute Gasteiger partial charge is 0.331 e. The zero-order valence-corrected chi connectivity index (χ0v) is 13.5. The minimum atomic E-state index is -1.20. The molecule has 1 heterocycles. The van der Waals surface area contributed by atoms with Crippen LogP contribution in [0.3, 0.4) is 0 Å². The summed E-state index contributed by atoms with van der Waals surface area (Å²) in [4.78, 5) is 23.5. The molecule has 0 bridgehead atoms. The molecule has 0 aliphatic carbocycles. The summed E-state index contributed by atoms with van der Waals surface area (Å²) in [7, 11) is 1.54. The van der Waals surface area contributed by atoms with E-state index in [2.05, 4.69) is 10.4 Å². The molecule has 0 unspecified atom stereocenters. The molecule has 1 aromatic carbocycles. The van der Waals surface area contributed by atoms with E-state index < -0.39 is 11.5 Å². The second kappa shape index (κ2) is 6.12. The molecule has 0 saturated heterocycles. The largest absolute Gasteiger partial charge is 0.496 e. The summed E-state index contributed by atoms with van der Waals surface area (Å²) in [5, 5.41) is 15.9. The molecule has 0 fully saturated rings. The summed E-state index contributed by atoms with van der Waals surface area (Å²) in [6, 6.07) is 6.67. The van der Waals surface area contributed by atoms with E-state index in [1.165, 1.54) is 24.7 Å². The number of methoxy groups -OCH3 is 1. The molecular weight excluding hydrogens is 298 g/mol. The van der Waals surface area contributed by atoms with Crippen LogP contribution in [0, 0.1) is 6.92 Å². The Morgan fingerprint density at radius 1 is 1.30 bits per heavy atom. The Kier molecular flexibility index (Phi) is 4.40. The molecule has 23 heavy (non-hydrogen) atoms. The number of hydrogen-bond donors (Lipinski definition) is 2. The van der Waals surface area contributed by atoms with Gasteiger partial charge in [-0.3, -0.25) is 9.48 Å². The molecular formula is C16H19N3O4. The van der Waals surface area contributed by atoms with Crippen molar-refractivity contribution < 1.29 is 19.4 Å². The minimum Gasteiger partial charge on any atom is -0.496 e. The Labute approximate surface area is 133 Å². The molecule has 1 amide bonds. The van der Waals surface area contributed by atoms with Crippen molar-refractivity contribution in [3.05, 3.63) is 41.6 Å². The van der Waals surface area contributed by atoms with Crippen LogP contribution >= 0.6 is 0 Å². The fraction of sp³-hybridized carbons (Fsp3) is 0.312. The average Bonchev–Trinajstić information content (AvgIpc) is 2.96. The summed E-state index contributed by atoms with van der Waals surface area (Å²) < 4.78 is 6.49. The lowest BCUT2D eigenvalue weighted by Crippen LogP contribution is -2.36. The third-order valence-corrected chi connectivity index (χ3v) is 3.60. The number of nitrogens with one attached hydrogen (secondary N) is 1. The fourth-order valence-corrected chi connectivity index (χ4v) is 1.95. The fourth-order valence-electron chi connectivity index (χ4n) is 1.95. The molecule has 0 aliphatic rings.